The van der Waals surface area contributed by atoms with E-state index in [2.05, 4.69) is 60.4 Å². The van der Waals surface area contributed by atoms with Crippen molar-refractivity contribution >= 4 is 16.3 Å². The van der Waals surface area contributed by atoms with Crippen molar-refractivity contribution in [1.29, 1.82) is 0 Å². The summed E-state index contributed by atoms with van der Waals surface area (Å²) in [6, 6.07) is 15.3. The number of benzene rings is 2. The third kappa shape index (κ3) is 4.21. The van der Waals surface area contributed by atoms with Crippen LogP contribution < -0.4 is 0 Å². The molecule has 2 nitrogen and oxygen atoms in total. The summed E-state index contributed by atoms with van der Waals surface area (Å²) >= 11 is 0. The van der Waals surface area contributed by atoms with Crippen LogP contribution in [0, 0.1) is 0 Å². The molecule has 0 radical (unpaired) electrons. The maximum Gasteiger partial charge on any atom is 0.0466 e. The van der Waals surface area contributed by atoms with Gasteiger partial charge in [0.2, 0.25) is 0 Å². The number of nitrogens with zero attached hydrogens (tertiary/aromatic N) is 1. The van der Waals surface area contributed by atoms with E-state index in [4.69, 9.17) is 4.74 Å². The van der Waals surface area contributed by atoms with Gasteiger partial charge >= 0.3 is 0 Å². The molecule has 2 aromatic carbocycles. The number of fused-ring (bicyclic) bond motifs is 1. The quantitative estimate of drug-likeness (QED) is 0.685. The van der Waals surface area contributed by atoms with Gasteiger partial charge in [-0.2, -0.15) is 0 Å². The summed E-state index contributed by atoms with van der Waals surface area (Å²) in [4.78, 5) is 2.56. The SMILES string of the molecule is CCOCCCCN1CC=C(c2cccc3ccccc23)CC1. The van der Waals surface area contributed by atoms with Gasteiger partial charge in [0, 0.05) is 26.3 Å². The lowest BCUT2D eigenvalue weighted by molar-refractivity contribution is 0.140. The first-order chi connectivity index (χ1) is 11.4. The lowest BCUT2D eigenvalue weighted by Gasteiger charge is -2.26. The average Bonchev–Trinajstić information content (AvgIpc) is 2.62. The van der Waals surface area contributed by atoms with E-state index < -0.39 is 0 Å². The lowest BCUT2D eigenvalue weighted by atomic mass is 9.94. The van der Waals surface area contributed by atoms with Gasteiger partial charge in [-0.1, -0.05) is 48.5 Å². The number of unbranched alkanes of at least 4 members (excludes halogenated alkanes) is 1. The summed E-state index contributed by atoms with van der Waals surface area (Å²) < 4.78 is 5.41. The van der Waals surface area contributed by atoms with Gasteiger partial charge in [-0.15, -0.1) is 0 Å². The van der Waals surface area contributed by atoms with Crippen LogP contribution in [-0.2, 0) is 4.74 Å². The van der Waals surface area contributed by atoms with E-state index in [9.17, 15) is 0 Å². The molecule has 122 valence electrons. The van der Waals surface area contributed by atoms with Crippen LogP contribution >= 0.6 is 0 Å². The predicted molar refractivity (Wildman–Crippen MR) is 98.7 cm³/mol. The number of ether oxygens (including phenoxy) is 1. The van der Waals surface area contributed by atoms with Crippen molar-refractivity contribution in [1.82, 2.24) is 4.90 Å². The highest BCUT2D eigenvalue weighted by atomic mass is 16.5. The van der Waals surface area contributed by atoms with Crippen LogP contribution in [0.4, 0.5) is 0 Å². The molecule has 23 heavy (non-hydrogen) atoms. The Morgan fingerprint density at radius 2 is 1.91 bits per heavy atom. The fraction of sp³-hybridized carbons (Fsp3) is 0.429. The second-order valence-electron chi connectivity index (χ2n) is 6.21. The summed E-state index contributed by atoms with van der Waals surface area (Å²) in [7, 11) is 0. The zero-order valence-corrected chi connectivity index (χ0v) is 14.1. The monoisotopic (exact) mass is 309 g/mol. The highest BCUT2D eigenvalue weighted by Crippen LogP contribution is 2.29. The Morgan fingerprint density at radius 1 is 1.04 bits per heavy atom. The molecule has 3 rings (SSSR count). The molecule has 1 aliphatic rings. The first kappa shape index (κ1) is 16.2. The standard InChI is InChI=1S/C21H27NO/c1-2-23-17-6-5-14-22-15-12-19(13-16-22)21-11-7-9-18-8-3-4-10-20(18)21/h3-4,7-12H,2,5-6,13-17H2,1H3. The van der Waals surface area contributed by atoms with Gasteiger partial charge in [0.25, 0.3) is 0 Å². The molecule has 0 unspecified atom stereocenters. The van der Waals surface area contributed by atoms with E-state index in [1.165, 1.54) is 47.8 Å². The summed E-state index contributed by atoms with van der Waals surface area (Å²) in [6.45, 7) is 7.23. The van der Waals surface area contributed by atoms with E-state index in [0.29, 0.717) is 0 Å². The van der Waals surface area contributed by atoms with Gasteiger partial charge < -0.3 is 4.74 Å². The molecule has 0 atom stereocenters. The van der Waals surface area contributed by atoms with Crippen molar-refractivity contribution < 1.29 is 4.74 Å². The molecule has 0 amide bonds. The molecule has 0 aliphatic carbocycles. The molecule has 0 fully saturated rings. The van der Waals surface area contributed by atoms with Crippen molar-refractivity contribution in [2.45, 2.75) is 26.2 Å². The predicted octanol–water partition coefficient (Wildman–Crippen LogP) is 4.75. The topological polar surface area (TPSA) is 12.5 Å². The van der Waals surface area contributed by atoms with Crippen LogP contribution in [-0.4, -0.2) is 37.7 Å². The molecule has 0 bridgehead atoms. The minimum atomic E-state index is 0.834. The van der Waals surface area contributed by atoms with Gasteiger partial charge in [-0.3, -0.25) is 4.90 Å². The minimum absolute atomic E-state index is 0.834. The third-order valence-corrected chi connectivity index (χ3v) is 4.65. The van der Waals surface area contributed by atoms with Crippen molar-refractivity contribution in [2.75, 3.05) is 32.8 Å². The van der Waals surface area contributed by atoms with E-state index in [1.54, 1.807) is 0 Å². The third-order valence-electron chi connectivity index (χ3n) is 4.65. The second-order valence-corrected chi connectivity index (χ2v) is 6.21. The Hall–Kier alpha value is -1.64. The van der Waals surface area contributed by atoms with Gasteiger partial charge in [0.05, 0.1) is 0 Å². The molecule has 0 saturated carbocycles. The Balaban J connectivity index is 1.60. The normalized spacial score (nSPS) is 15.8. The highest BCUT2D eigenvalue weighted by Gasteiger charge is 2.14. The van der Waals surface area contributed by atoms with E-state index >= 15 is 0 Å². The molecule has 0 aromatic heterocycles. The van der Waals surface area contributed by atoms with Gasteiger partial charge in [-0.25, -0.2) is 0 Å². The molecule has 1 aliphatic heterocycles. The van der Waals surface area contributed by atoms with Crippen LogP contribution in [0.15, 0.2) is 48.5 Å². The second kappa shape index (κ2) is 8.28. The first-order valence-corrected chi connectivity index (χ1v) is 8.85. The Morgan fingerprint density at radius 3 is 2.74 bits per heavy atom. The van der Waals surface area contributed by atoms with Gasteiger partial charge in [0.1, 0.15) is 0 Å². The number of hydrogen-bond donors (Lipinski definition) is 0. The number of rotatable bonds is 7. The molecular weight excluding hydrogens is 282 g/mol. The largest absolute Gasteiger partial charge is 0.382 e. The van der Waals surface area contributed by atoms with E-state index in [1.807, 2.05) is 0 Å². The molecular formula is C21H27NO. The molecule has 2 aromatic rings. The zero-order chi connectivity index (χ0) is 15.9. The summed E-state index contributed by atoms with van der Waals surface area (Å²) in [5, 5.41) is 2.72. The van der Waals surface area contributed by atoms with Crippen molar-refractivity contribution in [3.05, 3.63) is 54.1 Å². The minimum Gasteiger partial charge on any atom is -0.382 e. The van der Waals surface area contributed by atoms with Crippen LogP contribution in [0.1, 0.15) is 31.7 Å². The number of hydrogen-bond acceptors (Lipinski definition) is 2. The summed E-state index contributed by atoms with van der Waals surface area (Å²) in [5.41, 5.74) is 2.92. The molecule has 0 saturated heterocycles. The summed E-state index contributed by atoms with van der Waals surface area (Å²) in [6.07, 6.45) is 5.98. The summed E-state index contributed by atoms with van der Waals surface area (Å²) in [5.74, 6) is 0. The Labute approximate surface area is 139 Å². The smallest absolute Gasteiger partial charge is 0.0466 e. The van der Waals surface area contributed by atoms with Crippen LogP contribution in [0.25, 0.3) is 16.3 Å². The van der Waals surface area contributed by atoms with Gasteiger partial charge in [0.15, 0.2) is 0 Å². The van der Waals surface area contributed by atoms with Crippen LogP contribution in [0.5, 0.6) is 0 Å². The van der Waals surface area contributed by atoms with E-state index in [0.717, 1.165) is 26.2 Å². The maximum absolute atomic E-state index is 5.41. The van der Waals surface area contributed by atoms with Crippen LogP contribution in [0.2, 0.25) is 0 Å². The van der Waals surface area contributed by atoms with Crippen molar-refractivity contribution in [3.63, 3.8) is 0 Å². The fourth-order valence-electron chi connectivity index (χ4n) is 3.35. The van der Waals surface area contributed by atoms with Crippen LogP contribution in [0.3, 0.4) is 0 Å². The van der Waals surface area contributed by atoms with Crippen molar-refractivity contribution in [2.24, 2.45) is 0 Å². The molecule has 0 N–H and O–H groups in total. The van der Waals surface area contributed by atoms with E-state index in [-0.39, 0.29) is 0 Å². The first-order valence-electron chi connectivity index (χ1n) is 8.85. The molecule has 1 heterocycles. The maximum atomic E-state index is 5.41. The average molecular weight is 309 g/mol. The fourth-order valence-corrected chi connectivity index (χ4v) is 3.35. The van der Waals surface area contributed by atoms with Crippen molar-refractivity contribution in [3.8, 4) is 0 Å². The lowest BCUT2D eigenvalue weighted by Crippen LogP contribution is -2.29. The highest BCUT2D eigenvalue weighted by molar-refractivity contribution is 5.94. The van der Waals surface area contributed by atoms with Gasteiger partial charge in [-0.05, 0) is 54.6 Å². The zero-order valence-electron chi connectivity index (χ0n) is 14.1. The molecule has 2 heteroatoms. The Kier molecular flexibility index (Phi) is 5.84. The molecule has 0 spiro atoms. The Bertz CT molecular complexity index is 656.